The Kier molecular flexibility index (Phi) is 11.8. The normalized spacial score (nSPS) is 11.5. The second kappa shape index (κ2) is 15.1. The average molecular weight is 408 g/mol. The smallest absolute Gasteiger partial charge is 0.309 e. The van der Waals surface area contributed by atoms with Gasteiger partial charge in [0.15, 0.2) is 0 Å². The molecule has 0 aliphatic heterocycles. The van der Waals surface area contributed by atoms with Crippen LogP contribution in [-0.2, 0) is 22.6 Å². The van der Waals surface area contributed by atoms with E-state index < -0.39 is 0 Å². The molecule has 2 aromatic carbocycles. The number of benzene rings is 2. The monoisotopic (exact) mass is 407 g/mol. The van der Waals surface area contributed by atoms with E-state index in [4.69, 9.17) is 10.3 Å². The highest BCUT2D eigenvalue weighted by Crippen LogP contribution is 2.19. The standard InChI is InChI=1S/C25H33N3O2/c26-28-27-19-13-5-3-1-2-4-12-18-24(20-22-14-8-6-9-15-22)25(29)30-21-23-16-10-7-11-17-23/h6-11,14-17,24H,1-5,12-13,18-21H2. The van der Waals surface area contributed by atoms with Crippen molar-refractivity contribution in [2.45, 2.75) is 64.4 Å². The highest BCUT2D eigenvalue weighted by molar-refractivity contribution is 5.72. The number of rotatable bonds is 15. The molecule has 1 unspecified atom stereocenters. The van der Waals surface area contributed by atoms with Crippen LogP contribution < -0.4 is 0 Å². The first-order valence-corrected chi connectivity index (χ1v) is 11.0. The first-order chi connectivity index (χ1) is 14.8. The van der Waals surface area contributed by atoms with Crippen molar-refractivity contribution in [1.82, 2.24) is 0 Å². The van der Waals surface area contributed by atoms with E-state index in [-0.39, 0.29) is 11.9 Å². The molecule has 160 valence electrons. The molecule has 0 N–H and O–H groups in total. The molecular weight excluding hydrogens is 374 g/mol. The number of hydrogen-bond donors (Lipinski definition) is 0. The zero-order valence-corrected chi connectivity index (χ0v) is 17.8. The van der Waals surface area contributed by atoms with Gasteiger partial charge in [0, 0.05) is 11.5 Å². The lowest BCUT2D eigenvalue weighted by Gasteiger charge is -2.16. The molecule has 0 aliphatic rings. The molecule has 0 fully saturated rings. The molecule has 5 nitrogen and oxygen atoms in total. The van der Waals surface area contributed by atoms with Gasteiger partial charge in [-0.05, 0) is 35.9 Å². The predicted octanol–water partition coefficient (Wildman–Crippen LogP) is 7.02. The maximum atomic E-state index is 12.8. The molecule has 0 radical (unpaired) electrons. The summed E-state index contributed by atoms with van der Waals surface area (Å²) in [7, 11) is 0. The van der Waals surface area contributed by atoms with Crippen LogP contribution in [0.1, 0.15) is 62.5 Å². The lowest BCUT2D eigenvalue weighted by Crippen LogP contribution is -2.20. The molecule has 0 saturated heterocycles. The van der Waals surface area contributed by atoms with Crippen LogP contribution in [0.25, 0.3) is 10.4 Å². The summed E-state index contributed by atoms with van der Waals surface area (Å²) in [5, 5.41) is 3.56. The quantitative estimate of drug-likeness (QED) is 0.105. The molecular formula is C25H33N3O2. The van der Waals surface area contributed by atoms with E-state index in [0.29, 0.717) is 13.2 Å². The van der Waals surface area contributed by atoms with Crippen LogP contribution in [0.5, 0.6) is 0 Å². The SMILES string of the molecule is [N-]=[N+]=NCCCCCCCCCC(Cc1ccccc1)C(=O)OCc1ccccc1. The Morgan fingerprint density at radius 2 is 1.40 bits per heavy atom. The van der Waals surface area contributed by atoms with Crippen LogP contribution >= 0.6 is 0 Å². The predicted molar refractivity (Wildman–Crippen MR) is 121 cm³/mol. The summed E-state index contributed by atoms with van der Waals surface area (Å²) in [6, 6.07) is 20.0. The minimum atomic E-state index is -0.0973. The van der Waals surface area contributed by atoms with Crippen molar-refractivity contribution in [3.05, 3.63) is 82.2 Å². The van der Waals surface area contributed by atoms with Crippen LogP contribution in [0.4, 0.5) is 0 Å². The van der Waals surface area contributed by atoms with Gasteiger partial charge in [0.05, 0.1) is 5.92 Å². The molecule has 0 spiro atoms. The molecule has 0 aromatic heterocycles. The number of esters is 1. The van der Waals surface area contributed by atoms with E-state index in [2.05, 4.69) is 22.2 Å². The third kappa shape index (κ3) is 10.1. The fourth-order valence-electron chi connectivity index (χ4n) is 3.55. The Hall–Kier alpha value is -2.78. The topological polar surface area (TPSA) is 75.1 Å². The lowest BCUT2D eigenvalue weighted by atomic mass is 9.93. The second-order valence-electron chi connectivity index (χ2n) is 7.70. The van der Waals surface area contributed by atoms with Crippen LogP contribution in [0.2, 0.25) is 0 Å². The highest BCUT2D eigenvalue weighted by atomic mass is 16.5. The lowest BCUT2D eigenvalue weighted by molar-refractivity contribution is -0.150. The van der Waals surface area contributed by atoms with Crippen molar-refractivity contribution >= 4 is 5.97 Å². The van der Waals surface area contributed by atoms with Crippen molar-refractivity contribution in [2.24, 2.45) is 11.0 Å². The molecule has 2 rings (SSSR count). The number of carbonyl (C=O) groups excluding carboxylic acids is 1. The van der Waals surface area contributed by atoms with E-state index >= 15 is 0 Å². The van der Waals surface area contributed by atoms with E-state index in [0.717, 1.165) is 44.1 Å². The Balaban J connectivity index is 1.73. The van der Waals surface area contributed by atoms with E-state index in [1.807, 2.05) is 48.5 Å². The third-order valence-electron chi connectivity index (χ3n) is 5.26. The van der Waals surface area contributed by atoms with Crippen molar-refractivity contribution in [3.8, 4) is 0 Å². The van der Waals surface area contributed by atoms with Crippen molar-refractivity contribution in [2.75, 3.05) is 6.54 Å². The van der Waals surface area contributed by atoms with Gasteiger partial charge in [-0.15, -0.1) is 0 Å². The summed E-state index contributed by atoms with van der Waals surface area (Å²) in [5.41, 5.74) is 10.5. The molecule has 5 heteroatoms. The van der Waals surface area contributed by atoms with Gasteiger partial charge < -0.3 is 4.74 Å². The van der Waals surface area contributed by atoms with Crippen molar-refractivity contribution in [3.63, 3.8) is 0 Å². The van der Waals surface area contributed by atoms with E-state index in [9.17, 15) is 4.79 Å². The van der Waals surface area contributed by atoms with E-state index in [1.54, 1.807) is 0 Å². The molecule has 30 heavy (non-hydrogen) atoms. The van der Waals surface area contributed by atoms with Gasteiger partial charge in [-0.25, -0.2) is 0 Å². The zero-order chi connectivity index (χ0) is 21.3. The van der Waals surface area contributed by atoms with Gasteiger partial charge in [-0.3, -0.25) is 4.79 Å². The van der Waals surface area contributed by atoms with Crippen LogP contribution in [0, 0.1) is 5.92 Å². The summed E-state index contributed by atoms with van der Waals surface area (Å²) in [6.07, 6.45) is 9.39. The number of ether oxygens (including phenoxy) is 1. The Morgan fingerprint density at radius 1 is 0.833 bits per heavy atom. The minimum absolute atomic E-state index is 0.0965. The first kappa shape index (κ1) is 23.5. The summed E-state index contributed by atoms with van der Waals surface area (Å²) < 4.78 is 5.63. The maximum Gasteiger partial charge on any atom is 0.309 e. The average Bonchev–Trinajstić information content (AvgIpc) is 2.79. The largest absolute Gasteiger partial charge is 0.461 e. The van der Waals surface area contributed by atoms with Gasteiger partial charge in [0.2, 0.25) is 0 Å². The number of carbonyl (C=O) groups is 1. The number of unbranched alkanes of at least 4 members (excludes halogenated alkanes) is 6. The minimum Gasteiger partial charge on any atom is -0.461 e. The first-order valence-electron chi connectivity index (χ1n) is 11.0. The molecule has 1 atom stereocenters. The molecule has 0 heterocycles. The Bertz CT molecular complexity index is 758. The third-order valence-corrected chi connectivity index (χ3v) is 5.26. The molecule has 0 bridgehead atoms. The van der Waals surface area contributed by atoms with Crippen LogP contribution in [0.3, 0.4) is 0 Å². The van der Waals surface area contributed by atoms with Crippen molar-refractivity contribution < 1.29 is 9.53 Å². The fraction of sp³-hybridized carbons (Fsp3) is 0.480. The van der Waals surface area contributed by atoms with E-state index in [1.165, 1.54) is 24.8 Å². The summed E-state index contributed by atoms with van der Waals surface area (Å²) in [5.74, 6) is -0.194. The van der Waals surface area contributed by atoms with Gasteiger partial charge in [-0.2, -0.15) is 0 Å². The van der Waals surface area contributed by atoms with Gasteiger partial charge >= 0.3 is 5.97 Å². The van der Waals surface area contributed by atoms with Crippen LogP contribution in [-0.4, -0.2) is 12.5 Å². The molecule has 0 saturated carbocycles. The van der Waals surface area contributed by atoms with Crippen LogP contribution in [0.15, 0.2) is 65.8 Å². The molecule has 0 aliphatic carbocycles. The zero-order valence-electron chi connectivity index (χ0n) is 17.8. The highest BCUT2D eigenvalue weighted by Gasteiger charge is 2.20. The summed E-state index contributed by atoms with van der Waals surface area (Å²) >= 11 is 0. The van der Waals surface area contributed by atoms with Crippen molar-refractivity contribution in [1.29, 1.82) is 0 Å². The second-order valence-corrected chi connectivity index (χ2v) is 7.70. The Labute approximate surface area is 180 Å². The molecule has 0 amide bonds. The van der Waals surface area contributed by atoms with Gasteiger partial charge in [-0.1, -0.05) is 104 Å². The summed E-state index contributed by atoms with van der Waals surface area (Å²) in [6.45, 7) is 0.934. The number of hydrogen-bond acceptors (Lipinski definition) is 3. The number of nitrogens with zero attached hydrogens (tertiary/aromatic N) is 3. The summed E-state index contributed by atoms with van der Waals surface area (Å²) in [4.78, 5) is 15.5. The molecule has 2 aromatic rings. The number of azide groups is 1. The van der Waals surface area contributed by atoms with Gasteiger partial charge in [0.25, 0.3) is 0 Å². The fourth-order valence-corrected chi connectivity index (χ4v) is 3.55. The van der Waals surface area contributed by atoms with Gasteiger partial charge in [0.1, 0.15) is 6.61 Å². The Morgan fingerprint density at radius 3 is 2.03 bits per heavy atom. The maximum absolute atomic E-state index is 12.8.